The van der Waals surface area contributed by atoms with Crippen LogP contribution in [0.15, 0.2) is 212 Å². The quantitative estimate of drug-likeness (QED) is 0.158. The van der Waals surface area contributed by atoms with Gasteiger partial charge < -0.3 is 4.90 Å². The van der Waals surface area contributed by atoms with Gasteiger partial charge in [-0.2, -0.15) is 0 Å². The lowest BCUT2D eigenvalue weighted by Gasteiger charge is -2.30. The third-order valence-corrected chi connectivity index (χ3v) is 13.2. The maximum atomic E-state index is 2.46. The van der Waals surface area contributed by atoms with E-state index in [4.69, 9.17) is 0 Å². The first-order valence-electron chi connectivity index (χ1n) is 21.0. The van der Waals surface area contributed by atoms with Gasteiger partial charge in [-0.15, -0.1) is 0 Å². The Kier molecular flexibility index (Phi) is 7.65. The van der Waals surface area contributed by atoms with Crippen LogP contribution >= 0.6 is 0 Å². The molecule has 0 atom stereocenters. The summed E-state index contributed by atoms with van der Waals surface area (Å²) in [6.45, 7) is 4.72. The van der Waals surface area contributed by atoms with Crippen molar-refractivity contribution in [3.8, 4) is 33.4 Å². The summed E-state index contributed by atoms with van der Waals surface area (Å²) in [5.41, 5.74) is 13.5. The predicted molar refractivity (Wildman–Crippen MR) is 257 cm³/mol. The molecule has 60 heavy (non-hydrogen) atoms. The summed E-state index contributed by atoms with van der Waals surface area (Å²) in [7, 11) is 0. The van der Waals surface area contributed by atoms with E-state index in [1.54, 1.807) is 0 Å². The molecule has 1 aliphatic carbocycles. The van der Waals surface area contributed by atoms with Crippen molar-refractivity contribution in [2.75, 3.05) is 4.90 Å². The van der Waals surface area contributed by atoms with Crippen molar-refractivity contribution in [2.45, 2.75) is 19.3 Å². The van der Waals surface area contributed by atoms with Crippen LogP contribution in [0.2, 0.25) is 0 Å². The number of fused-ring (bicyclic) bond motifs is 13. The first-order valence-corrected chi connectivity index (χ1v) is 21.0. The van der Waals surface area contributed by atoms with Gasteiger partial charge in [-0.25, -0.2) is 0 Å². The fourth-order valence-electron chi connectivity index (χ4n) is 10.4. The standard InChI is InChI=1S/C59H41N/c1-59(2)54-26-14-12-24-48(54)49-35-33-42(36-55(49)59)60(56-27-15-13-19-43(56)38-16-4-3-5-17-38)41-31-28-40(29-32-41)52-37-53-46-22-9-8-21-45(46)51-34-30-39-18-6-7-20-44(39)57(51)58(53)50-25-11-10-23-47(50)52/h3-37H,1-2H3. The van der Waals surface area contributed by atoms with Crippen LogP contribution in [0.1, 0.15) is 25.0 Å². The van der Waals surface area contributed by atoms with Gasteiger partial charge in [-0.3, -0.25) is 0 Å². The van der Waals surface area contributed by atoms with Gasteiger partial charge >= 0.3 is 0 Å². The summed E-state index contributed by atoms with van der Waals surface area (Å²) in [5, 5.41) is 12.9. The molecule has 0 aromatic heterocycles. The molecule has 0 amide bonds. The Morgan fingerprint density at radius 2 is 0.867 bits per heavy atom. The largest absolute Gasteiger partial charge is 0.310 e. The normalized spacial score (nSPS) is 13.0. The number of para-hydroxylation sites is 1. The summed E-state index contributed by atoms with van der Waals surface area (Å²) >= 11 is 0. The van der Waals surface area contributed by atoms with E-state index in [1.807, 2.05) is 0 Å². The minimum absolute atomic E-state index is 0.116. The highest BCUT2D eigenvalue weighted by molar-refractivity contribution is 6.37. The van der Waals surface area contributed by atoms with Crippen LogP contribution in [-0.2, 0) is 5.41 Å². The van der Waals surface area contributed by atoms with Crippen molar-refractivity contribution >= 4 is 70.9 Å². The predicted octanol–water partition coefficient (Wildman–Crippen LogP) is 16.6. The average Bonchev–Trinajstić information content (AvgIpc) is 3.54. The minimum atomic E-state index is -0.116. The Hall–Kier alpha value is -7.48. The molecule has 1 aliphatic rings. The second-order valence-corrected chi connectivity index (χ2v) is 16.8. The molecule has 0 saturated carbocycles. The van der Waals surface area contributed by atoms with Crippen LogP contribution in [0.5, 0.6) is 0 Å². The van der Waals surface area contributed by atoms with Gasteiger partial charge in [0, 0.05) is 22.4 Å². The molecule has 0 fully saturated rings. The van der Waals surface area contributed by atoms with E-state index in [0.717, 1.165) is 17.1 Å². The fourth-order valence-corrected chi connectivity index (χ4v) is 10.4. The maximum absolute atomic E-state index is 2.46. The van der Waals surface area contributed by atoms with Gasteiger partial charge in [-0.05, 0) is 129 Å². The lowest BCUT2D eigenvalue weighted by Crippen LogP contribution is -2.16. The van der Waals surface area contributed by atoms with Crippen LogP contribution in [0.4, 0.5) is 17.1 Å². The third-order valence-electron chi connectivity index (χ3n) is 13.2. The van der Waals surface area contributed by atoms with Gasteiger partial charge in [0.2, 0.25) is 0 Å². The van der Waals surface area contributed by atoms with E-state index in [2.05, 4.69) is 231 Å². The van der Waals surface area contributed by atoms with Gasteiger partial charge in [0.1, 0.15) is 0 Å². The molecule has 1 heteroatoms. The van der Waals surface area contributed by atoms with Crippen molar-refractivity contribution < 1.29 is 0 Å². The molecule has 11 aromatic carbocycles. The summed E-state index contributed by atoms with van der Waals surface area (Å²) in [6, 6.07) is 78.7. The number of nitrogens with zero attached hydrogens (tertiary/aromatic N) is 1. The van der Waals surface area contributed by atoms with E-state index < -0.39 is 0 Å². The topological polar surface area (TPSA) is 3.24 Å². The minimum Gasteiger partial charge on any atom is -0.310 e. The zero-order chi connectivity index (χ0) is 40.0. The van der Waals surface area contributed by atoms with E-state index in [0.29, 0.717) is 0 Å². The number of benzene rings is 11. The number of hydrogen-bond donors (Lipinski definition) is 0. The summed E-state index contributed by atoms with van der Waals surface area (Å²) in [5.74, 6) is 0. The number of rotatable bonds is 5. The Morgan fingerprint density at radius 1 is 0.317 bits per heavy atom. The molecular weight excluding hydrogens is 723 g/mol. The van der Waals surface area contributed by atoms with Crippen molar-refractivity contribution in [3.63, 3.8) is 0 Å². The molecule has 0 N–H and O–H groups in total. The highest BCUT2D eigenvalue weighted by Crippen LogP contribution is 2.52. The van der Waals surface area contributed by atoms with Crippen LogP contribution in [0.25, 0.3) is 87.2 Å². The molecule has 282 valence electrons. The van der Waals surface area contributed by atoms with Crippen LogP contribution in [0.3, 0.4) is 0 Å². The average molecular weight is 764 g/mol. The van der Waals surface area contributed by atoms with Crippen LogP contribution < -0.4 is 4.90 Å². The van der Waals surface area contributed by atoms with Crippen molar-refractivity contribution in [3.05, 3.63) is 223 Å². The van der Waals surface area contributed by atoms with Crippen molar-refractivity contribution in [1.29, 1.82) is 0 Å². The lowest BCUT2D eigenvalue weighted by atomic mass is 9.82. The smallest absolute Gasteiger partial charge is 0.0540 e. The molecule has 0 saturated heterocycles. The molecule has 0 heterocycles. The van der Waals surface area contributed by atoms with E-state index in [-0.39, 0.29) is 5.41 Å². The molecule has 0 aliphatic heterocycles. The zero-order valence-corrected chi connectivity index (χ0v) is 33.7. The molecule has 12 rings (SSSR count). The van der Waals surface area contributed by atoms with Gasteiger partial charge in [0.25, 0.3) is 0 Å². The van der Waals surface area contributed by atoms with Crippen molar-refractivity contribution in [1.82, 2.24) is 0 Å². The Labute approximate surface area is 350 Å². The van der Waals surface area contributed by atoms with Crippen molar-refractivity contribution in [2.24, 2.45) is 0 Å². The molecule has 0 spiro atoms. The summed E-state index contributed by atoms with van der Waals surface area (Å²) in [4.78, 5) is 2.45. The van der Waals surface area contributed by atoms with E-state index >= 15 is 0 Å². The molecule has 0 unspecified atom stereocenters. The Balaban J connectivity index is 1.07. The third kappa shape index (κ3) is 5.12. The molecule has 0 radical (unpaired) electrons. The summed E-state index contributed by atoms with van der Waals surface area (Å²) < 4.78 is 0. The summed E-state index contributed by atoms with van der Waals surface area (Å²) in [6.07, 6.45) is 0. The second kappa shape index (κ2) is 13.3. The molecule has 1 nitrogen and oxygen atoms in total. The second-order valence-electron chi connectivity index (χ2n) is 16.8. The van der Waals surface area contributed by atoms with Crippen LogP contribution in [0, 0.1) is 0 Å². The Bertz CT molecular complexity index is 3500. The maximum Gasteiger partial charge on any atom is 0.0540 e. The van der Waals surface area contributed by atoms with Crippen LogP contribution in [-0.4, -0.2) is 0 Å². The lowest BCUT2D eigenvalue weighted by molar-refractivity contribution is 0.660. The number of anilines is 3. The highest BCUT2D eigenvalue weighted by Gasteiger charge is 2.36. The SMILES string of the molecule is CC1(C)c2ccccc2-c2ccc(N(c3ccc(-c4cc5c6ccccc6c6ccc7ccccc7c6c5c5ccccc45)cc3)c3ccccc3-c3ccccc3)cc21. The fraction of sp³-hybridized carbons (Fsp3) is 0.0508. The van der Waals surface area contributed by atoms with Gasteiger partial charge in [0.15, 0.2) is 0 Å². The van der Waals surface area contributed by atoms with Gasteiger partial charge in [-0.1, -0.05) is 190 Å². The monoisotopic (exact) mass is 763 g/mol. The molecule has 11 aromatic rings. The van der Waals surface area contributed by atoms with E-state index in [9.17, 15) is 0 Å². The Morgan fingerprint density at radius 3 is 1.67 bits per heavy atom. The molecular formula is C59H41N. The van der Waals surface area contributed by atoms with E-state index in [1.165, 1.54) is 98.4 Å². The first kappa shape index (κ1) is 34.6. The first-order chi connectivity index (χ1) is 29.5. The zero-order valence-electron chi connectivity index (χ0n) is 33.7. The molecule has 0 bridgehead atoms. The number of hydrogen-bond acceptors (Lipinski definition) is 1. The van der Waals surface area contributed by atoms with Gasteiger partial charge in [0.05, 0.1) is 5.69 Å². The highest BCUT2D eigenvalue weighted by atomic mass is 15.1.